The van der Waals surface area contributed by atoms with Crippen molar-refractivity contribution < 1.29 is 0 Å². The molecule has 1 fully saturated rings. The Morgan fingerprint density at radius 2 is 2.06 bits per heavy atom. The molecule has 2 unspecified atom stereocenters. The maximum Gasteiger partial charge on any atom is 0.0415 e. The molecule has 0 heterocycles. The van der Waals surface area contributed by atoms with E-state index in [9.17, 15) is 0 Å². The van der Waals surface area contributed by atoms with Crippen LogP contribution in [0.25, 0.3) is 0 Å². The molecule has 1 nitrogen and oxygen atoms in total. The molecule has 0 saturated heterocycles. The summed E-state index contributed by atoms with van der Waals surface area (Å²) in [7, 11) is 0. The van der Waals surface area contributed by atoms with Crippen LogP contribution in [0.5, 0.6) is 0 Å². The second-order valence-corrected chi connectivity index (χ2v) is 5.69. The van der Waals surface area contributed by atoms with E-state index in [1.807, 2.05) is 0 Å². The van der Waals surface area contributed by atoms with Crippen molar-refractivity contribution in [3.8, 4) is 0 Å². The third kappa shape index (κ3) is 2.15. The van der Waals surface area contributed by atoms with Crippen LogP contribution in [-0.2, 0) is 6.42 Å². The van der Waals surface area contributed by atoms with Gasteiger partial charge in [0.25, 0.3) is 0 Å². The second kappa shape index (κ2) is 4.74. The predicted octanol–water partition coefficient (Wildman–Crippen LogP) is 3.61. The Hall–Kier alpha value is -1.34. The van der Waals surface area contributed by atoms with Crippen LogP contribution in [0.15, 0.2) is 54.1 Å². The van der Waals surface area contributed by atoms with Gasteiger partial charge in [-0.15, -0.1) is 0 Å². The highest BCUT2D eigenvalue weighted by molar-refractivity contribution is 5.35. The highest BCUT2D eigenvalue weighted by Gasteiger charge is 2.37. The van der Waals surface area contributed by atoms with Gasteiger partial charge >= 0.3 is 0 Å². The Morgan fingerprint density at radius 1 is 1.22 bits per heavy atom. The lowest BCUT2D eigenvalue weighted by molar-refractivity contribution is 0.316. The summed E-state index contributed by atoms with van der Waals surface area (Å²) in [6, 6.07) is 10.7. The summed E-state index contributed by atoms with van der Waals surface area (Å²) < 4.78 is 0. The maximum absolute atomic E-state index is 6.74. The zero-order valence-corrected chi connectivity index (χ0v) is 10.8. The molecular formula is C17H21N. The lowest BCUT2D eigenvalue weighted by Crippen LogP contribution is -2.48. The first-order valence-corrected chi connectivity index (χ1v) is 6.98. The van der Waals surface area contributed by atoms with Crippen molar-refractivity contribution in [2.75, 3.05) is 0 Å². The number of hydrogen-bond acceptors (Lipinski definition) is 1. The quantitative estimate of drug-likeness (QED) is 0.838. The van der Waals surface area contributed by atoms with E-state index < -0.39 is 0 Å². The third-order valence-corrected chi connectivity index (χ3v) is 4.39. The smallest absolute Gasteiger partial charge is 0.0415 e. The Kier molecular flexibility index (Phi) is 3.09. The topological polar surface area (TPSA) is 26.0 Å². The molecule has 0 amide bonds. The minimum atomic E-state index is -0.116. The van der Waals surface area contributed by atoms with Crippen LogP contribution in [0.2, 0.25) is 0 Å². The van der Waals surface area contributed by atoms with E-state index in [1.165, 1.54) is 30.4 Å². The normalized spacial score (nSPS) is 30.7. The van der Waals surface area contributed by atoms with Gasteiger partial charge in [0, 0.05) is 5.54 Å². The van der Waals surface area contributed by atoms with Crippen LogP contribution in [0.1, 0.15) is 31.2 Å². The molecule has 18 heavy (non-hydrogen) atoms. The van der Waals surface area contributed by atoms with Gasteiger partial charge in [0.2, 0.25) is 0 Å². The lowest BCUT2D eigenvalue weighted by atomic mass is 9.67. The lowest BCUT2D eigenvalue weighted by Gasteiger charge is -2.42. The monoisotopic (exact) mass is 239 g/mol. The molecule has 1 heteroatoms. The largest absolute Gasteiger partial charge is 0.321 e. The standard InChI is InChI=1S/C17H21N/c18-17(13-14-7-2-1-3-8-14)12-6-10-15-9-4-5-11-16(15)17/h1-5,7-8,11,15H,6,9-10,12-13,18H2. The molecule has 0 radical (unpaired) electrons. The Bertz CT molecular complexity index is 472. The summed E-state index contributed by atoms with van der Waals surface area (Å²) in [5.41, 5.74) is 9.47. The molecule has 2 atom stereocenters. The number of hydrogen-bond donors (Lipinski definition) is 1. The number of fused-ring (bicyclic) bond motifs is 1. The van der Waals surface area contributed by atoms with Gasteiger partial charge in [0.05, 0.1) is 0 Å². The highest BCUT2D eigenvalue weighted by Crippen LogP contribution is 2.41. The van der Waals surface area contributed by atoms with Crippen LogP contribution in [0.4, 0.5) is 0 Å². The molecule has 1 saturated carbocycles. The molecule has 2 N–H and O–H groups in total. The van der Waals surface area contributed by atoms with Crippen LogP contribution < -0.4 is 5.73 Å². The van der Waals surface area contributed by atoms with E-state index in [2.05, 4.69) is 48.6 Å². The minimum Gasteiger partial charge on any atom is -0.321 e. The summed E-state index contributed by atoms with van der Waals surface area (Å²) in [4.78, 5) is 0. The minimum absolute atomic E-state index is 0.116. The summed E-state index contributed by atoms with van der Waals surface area (Å²) in [6.45, 7) is 0. The first kappa shape index (κ1) is 11.7. The number of allylic oxidation sites excluding steroid dienone is 3. The van der Waals surface area contributed by atoms with E-state index in [-0.39, 0.29) is 5.54 Å². The van der Waals surface area contributed by atoms with Crippen molar-refractivity contribution >= 4 is 0 Å². The number of nitrogens with two attached hydrogens (primary N) is 1. The maximum atomic E-state index is 6.74. The molecule has 1 aromatic carbocycles. The number of benzene rings is 1. The van der Waals surface area contributed by atoms with Gasteiger partial charge in [0.1, 0.15) is 0 Å². The molecule has 0 aliphatic heterocycles. The number of rotatable bonds is 2. The van der Waals surface area contributed by atoms with Crippen LogP contribution >= 0.6 is 0 Å². The van der Waals surface area contributed by atoms with Gasteiger partial charge in [-0.05, 0) is 42.7 Å². The van der Waals surface area contributed by atoms with Crippen molar-refractivity contribution in [2.24, 2.45) is 11.7 Å². The molecule has 0 spiro atoms. The Morgan fingerprint density at radius 3 is 2.89 bits per heavy atom. The van der Waals surface area contributed by atoms with E-state index in [0.717, 1.165) is 12.8 Å². The highest BCUT2D eigenvalue weighted by atomic mass is 14.8. The Labute approximate surface area is 109 Å². The fourth-order valence-corrected chi connectivity index (χ4v) is 3.48. The fourth-order valence-electron chi connectivity index (χ4n) is 3.48. The molecule has 0 aromatic heterocycles. The zero-order valence-electron chi connectivity index (χ0n) is 10.8. The van der Waals surface area contributed by atoms with Gasteiger partial charge in [-0.2, -0.15) is 0 Å². The molecule has 3 rings (SSSR count). The van der Waals surface area contributed by atoms with Crippen molar-refractivity contribution in [1.29, 1.82) is 0 Å². The SMILES string of the molecule is NC1(Cc2ccccc2)CCCC2CC=CC=C21. The third-order valence-electron chi connectivity index (χ3n) is 4.39. The van der Waals surface area contributed by atoms with Crippen molar-refractivity contribution in [1.82, 2.24) is 0 Å². The van der Waals surface area contributed by atoms with E-state index in [0.29, 0.717) is 5.92 Å². The fraction of sp³-hybridized carbons (Fsp3) is 0.412. The van der Waals surface area contributed by atoms with Gasteiger partial charge in [-0.1, -0.05) is 55.0 Å². The van der Waals surface area contributed by atoms with Crippen LogP contribution in [0.3, 0.4) is 0 Å². The average molecular weight is 239 g/mol. The molecule has 0 bridgehead atoms. The first-order valence-electron chi connectivity index (χ1n) is 6.98. The average Bonchev–Trinajstić information content (AvgIpc) is 2.40. The molecule has 1 aromatic rings. The van der Waals surface area contributed by atoms with Gasteiger partial charge in [-0.3, -0.25) is 0 Å². The summed E-state index contributed by atoms with van der Waals surface area (Å²) in [6.07, 6.45) is 12.6. The van der Waals surface area contributed by atoms with Crippen molar-refractivity contribution in [2.45, 2.75) is 37.6 Å². The predicted molar refractivity (Wildman–Crippen MR) is 76.2 cm³/mol. The summed E-state index contributed by atoms with van der Waals surface area (Å²) in [5.74, 6) is 0.692. The van der Waals surface area contributed by atoms with Crippen LogP contribution in [-0.4, -0.2) is 5.54 Å². The van der Waals surface area contributed by atoms with E-state index in [4.69, 9.17) is 5.73 Å². The zero-order chi connectivity index (χ0) is 12.4. The van der Waals surface area contributed by atoms with E-state index in [1.54, 1.807) is 0 Å². The van der Waals surface area contributed by atoms with Gasteiger partial charge in [-0.25, -0.2) is 0 Å². The summed E-state index contributed by atoms with van der Waals surface area (Å²) in [5, 5.41) is 0. The Balaban J connectivity index is 1.88. The molecule has 2 aliphatic carbocycles. The van der Waals surface area contributed by atoms with E-state index >= 15 is 0 Å². The second-order valence-electron chi connectivity index (χ2n) is 5.69. The van der Waals surface area contributed by atoms with Crippen LogP contribution in [0, 0.1) is 5.92 Å². The van der Waals surface area contributed by atoms with Crippen molar-refractivity contribution in [3.05, 3.63) is 59.7 Å². The molecule has 2 aliphatic rings. The van der Waals surface area contributed by atoms with Gasteiger partial charge in [0.15, 0.2) is 0 Å². The summed E-state index contributed by atoms with van der Waals surface area (Å²) >= 11 is 0. The first-order chi connectivity index (χ1) is 8.78. The van der Waals surface area contributed by atoms with Crippen molar-refractivity contribution in [3.63, 3.8) is 0 Å². The van der Waals surface area contributed by atoms with Gasteiger partial charge < -0.3 is 5.73 Å². The molecular weight excluding hydrogens is 218 g/mol. The molecule has 94 valence electrons.